The van der Waals surface area contributed by atoms with Crippen molar-refractivity contribution in [3.8, 4) is 0 Å². The molecule has 2 heterocycles. The van der Waals surface area contributed by atoms with Crippen LogP contribution in [0.3, 0.4) is 0 Å². The molecular formula is C12H21N3O5S. The third kappa shape index (κ3) is 3.53. The van der Waals surface area contributed by atoms with Crippen molar-refractivity contribution >= 4 is 22.1 Å². The fraction of sp³-hybridized carbons (Fsp3) is 0.833. The standard InChI is InChI=1S/C12H21N3O5S/c1-9(16)13-10-5-7-14(8-10)21(19,20)15-6-3-2-4-11(15)12(17)18/h10-11H,2-8H2,1H3,(H,13,16)(H,17,18). The highest BCUT2D eigenvalue weighted by Gasteiger charge is 2.42. The lowest BCUT2D eigenvalue weighted by Gasteiger charge is -2.34. The van der Waals surface area contributed by atoms with Crippen LogP contribution in [-0.2, 0) is 19.8 Å². The SMILES string of the molecule is CC(=O)NC1CCN(S(=O)(=O)N2CCCCC2C(=O)O)C1. The number of nitrogens with one attached hydrogen (secondary N) is 1. The molecule has 2 aliphatic rings. The number of rotatable bonds is 4. The van der Waals surface area contributed by atoms with Crippen molar-refractivity contribution in [2.45, 2.75) is 44.7 Å². The lowest BCUT2D eigenvalue weighted by molar-refractivity contribution is -0.142. The predicted octanol–water partition coefficient (Wildman–Crippen LogP) is -0.619. The third-order valence-electron chi connectivity index (χ3n) is 3.92. The quantitative estimate of drug-likeness (QED) is 0.718. The Morgan fingerprint density at radius 3 is 2.52 bits per heavy atom. The maximum atomic E-state index is 12.6. The summed E-state index contributed by atoms with van der Waals surface area (Å²) in [7, 11) is -3.79. The van der Waals surface area contributed by atoms with Crippen LogP contribution in [-0.4, -0.2) is 65.7 Å². The Bertz CT molecular complexity index is 521. The van der Waals surface area contributed by atoms with E-state index in [1.165, 1.54) is 11.2 Å². The molecule has 2 fully saturated rings. The molecule has 0 aromatic rings. The molecule has 0 aromatic carbocycles. The van der Waals surface area contributed by atoms with Crippen LogP contribution in [0.4, 0.5) is 0 Å². The second-order valence-corrected chi connectivity index (χ2v) is 7.39. The van der Waals surface area contributed by atoms with Crippen molar-refractivity contribution in [1.29, 1.82) is 0 Å². The fourth-order valence-corrected chi connectivity index (χ4v) is 4.80. The van der Waals surface area contributed by atoms with E-state index in [-0.39, 0.29) is 25.0 Å². The number of amides is 1. The van der Waals surface area contributed by atoms with Gasteiger partial charge in [0.15, 0.2) is 0 Å². The summed E-state index contributed by atoms with van der Waals surface area (Å²) >= 11 is 0. The van der Waals surface area contributed by atoms with Crippen LogP contribution >= 0.6 is 0 Å². The summed E-state index contributed by atoms with van der Waals surface area (Å²) in [6.07, 6.45) is 2.28. The Kier molecular flexibility index (Phi) is 4.84. The number of piperidine rings is 1. The van der Waals surface area contributed by atoms with Crippen LogP contribution in [0.5, 0.6) is 0 Å². The van der Waals surface area contributed by atoms with E-state index in [2.05, 4.69) is 5.32 Å². The van der Waals surface area contributed by atoms with Gasteiger partial charge in [-0.1, -0.05) is 0 Å². The zero-order chi connectivity index (χ0) is 15.6. The van der Waals surface area contributed by atoms with Crippen molar-refractivity contribution in [1.82, 2.24) is 13.9 Å². The average molecular weight is 319 g/mol. The Labute approximate surface area is 124 Å². The molecule has 2 atom stereocenters. The highest BCUT2D eigenvalue weighted by atomic mass is 32.2. The van der Waals surface area contributed by atoms with Gasteiger partial charge in [-0.15, -0.1) is 0 Å². The van der Waals surface area contributed by atoms with Crippen LogP contribution in [0.1, 0.15) is 32.6 Å². The van der Waals surface area contributed by atoms with Crippen LogP contribution < -0.4 is 5.32 Å². The molecule has 9 heteroatoms. The summed E-state index contributed by atoms with van der Waals surface area (Å²) in [5.74, 6) is -1.29. The van der Waals surface area contributed by atoms with Gasteiger partial charge in [-0.25, -0.2) is 0 Å². The number of hydrogen-bond donors (Lipinski definition) is 2. The molecule has 21 heavy (non-hydrogen) atoms. The van der Waals surface area contributed by atoms with E-state index in [0.29, 0.717) is 25.8 Å². The smallest absolute Gasteiger partial charge is 0.322 e. The predicted molar refractivity (Wildman–Crippen MR) is 74.7 cm³/mol. The first-order valence-electron chi connectivity index (χ1n) is 7.09. The van der Waals surface area contributed by atoms with Crippen molar-refractivity contribution in [2.75, 3.05) is 19.6 Å². The average Bonchev–Trinajstić information content (AvgIpc) is 2.87. The Morgan fingerprint density at radius 1 is 1.19 bits per heavy atom. The second-order valence-electron chi connectivity index (χ2n) is 5.51. The number of carbonyl (C=O) groups is 2. The molecule has 2 rings (SSSR count). The Hall–Kier alpha value is -1.19. The van der Waals surface area contributed by atoms with E-state index in [0.717, 1.165) is 10.7 Å². The lowest BCUT2D eigenvalue weighted by atomic mass is 10.1. The van der Waals surface area contributed by atoms with E-state index in [1.54, 1.807) is 0 Å². The van der Waals surface area contributed by atoms with Crippen LogP contribution in [0, 0.1) is 0 Å². The first-order valence-corrected chi connectivity index (χ1v) is 8.49. The molecule has 2 unspecified atom stereocenters. The van der Waals surface area contributed by atoms with E-state index >= 15 is 0 Å². The largest absolute Gasteiger partial charge is 0.480 e. The summed E-state index contributed by atoms with van der Waals surface area (Å²) < 4.78 is 27.6. The molecule has 0 aromatic heterocycles. The van der Waals surface area contributed by atoms with Gasteiger partial charge in [-0.2, -0.15) is 17.0 Å². The van der Waals surface area contributed by atoms with Crippen LogP contribution in [0.2, 0.25) is 0 Å². The minimum atomic E-state index is -3.79. The summed E-state index contributed by atoms with van der Waals surface area (Å²) in [5.41, 5.74) is 0. The zero-order valence-electron chi connectivity index (χ0n) is 12.0. The second kappa shape index (κ2) is 6.29. The topological polar surface area (TPSA) is 107 Å². The number of hydrogen-bond acceptors (Lipinski definition) is 4. The van der Waals surface area contributed by atoms with Gasteiger partial charge in [0.1, 0.15) is 6.04 Å². The van der Waals surface area contributed by atoms with Gasteiger partial charge in [0.25, 0.3) is 10.2 Å². The molecule has 8 nitrogen and oxygen atoms in total. The Morgan fingerprint density at radius 2 is 1.90 bits per heavy atom. The number of nitrogens with zero attached hydrogens (tertiary/aromatic N) is 2. The molecule has 2 N–H and O–H groups in total. The van der Waals surface area contributed by atoms with Gasteiger partial charge in [-0.05, 0) is 25.7 Å². The molecule has 0 spiro atoms. The molecule has 0 aliphatic carbocycles. The normalized spacial score (nSPS) is 28.4. The zero-order valence-corrected chi connectivity index (χ0v) is 12.8. The molecule has 0 bridgehead atoms. The molecule has 2 saturated heterocycles. The number of carboxylic acids is 1. The molecule has 2 aliphatic heterocycles. The van der Waals surface area contributed by atoms with E-state index in [1.807, 2.05) is 0 Å². The molecular weight excluding hydrogens is 298 g/mol. The van der Waals surface area contributed by atoms with Gasteiger partial charge in [0, 0.05) is 32.6 Å². The third-order valence-corrected chi connectivity index (χ3v) is 5.93. The van der Waals surface area contributed by atoms with E-state index in [9.17, 15) is 23.1 Å². The van der Waals surface area contributed by atoms with Gasteiger partial charge < -0.3 is 10.4 Å². The summed E-state index contributed by atoms with van der Waals surface area (Å²) in [4.78, 5) is 22.3. The molecule has 0 radical (unpaired) electrons. The van der Waals surface area contributed by atoms with Gasteiger partial charge in [0.05, 0.1) is 0 Å². The minimum absolute atomic E-state index is 0.194. The summed E-state index contributed by atoms with van der Waals surface area (Å²) in [6.45, 7) is 2.13. The first kappa shape index (κ1) is 16.2. The lowest BCUT2D eigenvalue weighted by Crippen LogP contribution is -2.53. The first-order chi connectivity index (χ1) is 9.82. The molecule has 120 valence electrons. The van der Waals surface area contributed by atoms with Crippen LogP contribution in [0.15, 0.2) is 0 Å². The molecule has 0 saturated carbocycles. The highest BCUT2D eigenvalue weighted by molar-refractivity contribution is 7.86. The maximum absolute atomic E-state index is 12.6. The van der Waals surface area contributed by atoms with Crippen molar-refractivity contribution in [2.24, 2.45) is 0 Å². The monoisotopic (exact) mass is 319 g/mol. The molecule has 1 amide bonds. The summed E-state index contributed by atoms with van der Waals surface area (Å²) in [5, 5.41) is 11.9. The number of carboxylic acid groups (broad SMARTS) is 1. The van der Waals surface area contributed by atoms with Crippen molar-refractivity contribution < 1.29 is 23.1 Å². The van der Waals surface area contributed by atoms with Crippen molar-refractivity contribution in [3.05, 3.63) is 0 Å². The number of aliphatic carboxylic acids is 1. The minimum Gasteiger partial charge on any atom is -0.480 e. The van der Waals surface area contributed by atoms with Gasteiger partial charge in [0.2, 0.25) is 5.91 Å². The van der Waals surface area contributed by atoms with Crippen molar-refractivity contribution in [3.63, 3.8) is 0 Å². The van der Waals surface area contributed by atoms with E-state index in [4.69, 9.17) is 0 Å². The number of carbonyl (C=O) groups excluding carboxylic acids is 1. The maximum Gasteiger partial charge on any atom is 0.322 e. The van der Waals surface area contributed by atoms with E-state index < -0.39 is 22.2 Å². The van der Waals surface area contributed by atoms with Gasteiger partial charge in [-0.3, -0.25) is 9.59 Å². The highest BCUT2D eigenvalue weighted by Crippen LogP contribution is 2.25. The summed E-state index contributed by atoms with van der Waals surface area (Å²) in [6, 6.07) is -1.19. The van der Waals surface area contributed by atoms with Gasteiger partial charge >= 0.3 is 5.97 Å². The van der Waals surface area contributed by atoms with Crippen LogP contribution in [0.25, 0.3) is 0 Å². The Balaban J connectivity index is 2.10. The fourth-order valence-electron chi connectivity index (χ4n) is 2.92.